The Morgan fingerprint density at radius 2 is 1.93 bits per heavy atom. The highest BCUT2D eigenvalue weighted by Crippen LogP contribution is 2.34. The maximum atomic E-state index is 12.5. The van der Waals surface area contributed by atoms with Gasteiger partial charge in [0.25, 0.3) is 0 Å². The van der Waals surface area contributed by atoms with E-state index in [1.165, 1.54) is 18.4 Å². The zero-order chi connectivity index (χ0) is 21.2. The van der Waals surface area contributed by atoms with E-state index < -0.39 is 10.0 Å². The van der Waals surface area contributed by atoms with Gasteiger partial charge in [0, 0.05) is 26.2 Å². The summed E-state index contributed by atoms with van der Waals surface area (Å²) in [4.78, 5) is 4.94. The average Bonchev–Trinajstić information content (AvgIpc) is 3.09. The number of methoxy groups -OCH3 is 1. The monoisotopic (exact) mass is 415 g/mol. The van der Waals surface area contributed by atoms with Gasteiger partial charge in [-0.1, -0.05) is 12.7 Å². The fourth-order valence-electron chi connectivity index (χ4n) is 3.10. The predicted molar refractivity (Wildman–Crippen MR) is 114 cm³/mol. The third-order valence-electron chi connectivity index (χ3n) is 4.59. The minimum Gasteiger partial charge on any atom is -0.493 e. The van der Waals surface area contributed by atoms with E-state index in [9.17, 15) is 8.42 Å². The summed E-state index contributed by atoms with van der Waals surface area (Å²) in [5.74, 6) is 1.94. The molecule has 0 unspecified atom stereocenters. The minimum absolute atomic E-state index is 0.216. The van der Waals surface area contributed by atoms with Crippen molar-refractivity contribution in [2.24, 2.45) is 0 Å². The topological polar surface area (TPSA) is 73.7 Å². The van der Waals surface area contributed by atoms with Gasteiger partial charge in [-0.15, -0.1) is 0 Å². The van der Waals surface area contributed by atoms with Gasteiger partial charge < -0.3 is 14.0 Å². The summed E-state index contributed by atoms with van der Waals surface area (Å²) in [6, 6.07) is 10.6. The van der Waals surface area contributed by atoms with E-state index in [0.29, 0.717) is 30.2 Å². The van der Waals surface area contributed by atoms with Gasteiger partial charge in [0.15, 0.2) is 11.5 Å². The molecule has 154 valence electrons. The Labute approximate surface area is 171 Å². The summed E-state index contributed by atoms with van der Waals surface area (Å²) in [5.41, 5.74) is 2.34. The Balaban J connectivity index is 2.13. The Morgan fingerprint density at radius 3 is 2.55 bits per heavy atom. The van der Waals surface area contributed by atoms with Crippen molar-refractivity contribution >= 4 is 21.1 Å². The smallest absolute Gasteiger partial charge is 0.242 e. The molecule has 0 aliphatic carbocycles. The molecule has 0 aliphatic heterocycles. The molecule has 0 fully saturated rings. The van der Waals surface area contributed by atoms with Crippen molar-refractivity contribution in [3.05, 3.63) is 49.1 Å². The minimum atomic E-state index is -3.53. The first-order chi connectivity index (χ1) is 13.8. The fraction of sp³-hybridized carbons (Fsp3) is 0.286. The zero-order valence-electron chi connectivity index (χ0n) is 17.0. The Hall–Kier alpha value is -2.84. The lowest BCUT2D eigenvalue weighted by Gasteiger charge is -2.12. The van der Waals surface area contributed by atoms with Crippen LogP contribution >= 0.6 is 0 Å². The number of aryl methyl sites for hydroxylation is 1. The van der Waals surface area contributed by atoms with Crippen molar-refractivity contribution in [1.29, 1.82) is 0 Å². The molecule has 0 amide bonds. The first-order valence-corrected chi connectivity index (χ1v) is 10.6. The summed E-state index contributed by atoms with van der Waals surface area (Å²) < 4.78 is 39.3. The molecule has 1 heterocycles. The van der Waals surface area contributed by atoms with Gasteiger partial charge in [0.1, 0.15) is 12.4 Å². The van der Waals surface area contributed by atoms with Crippen molar-refractivity contribution in [2.45, 2.75) is 18.4 Å². The van der Waals surface area contributed by atoms with Crippen molar-refractivity contribution in [2.75, 3.05) is 27.8 Å². The summed E-state index contributed by atoms with van der Waals surface area (Å²) in [5, 5.41) is 0. The van der Waals surface area contributed by atoms with Crippen molar-refractivity contribution in [1.82, 2.24) is 13.9 Å². The molecule has 0 radical (unpaired) electrons. The van der Waals surface area contributed by atoms with Gasteiger partial charge >= 0.3 is 0 Å². The summed E-state index contributed by atoms with van der Waals surface area (Å²) >= 11 is 0. The first kappa shape index (κ1) is 20.9. The molecule has 8 heteroatoms. The van der Waals surface area contributed by atoms with Crippen LogP contribution in [-0.2, 0) is 16.6 Å². The second-order valence-corrected chi connectivity index (χ2v) is 8.73. The molecule has 3 rings (SSSR count). The van der Waals surface area contributed by atoms with Gasteiger partial charge in [-0.3, -0.25) is 0 Å². The molecule has 0 atom stereocenters. The molecule has 0 bridgehead atoms. The van der Waals surface area contributed by atoms with Crippen LogP contribution in [0.15, 0.2) is 53.9 Å². The number of sulfonamides is 1. The van der Waals surface area contributed by atoms with Gasteiger partial charge in [-0.05, 0) is 43.3 Å². The highest BCUT2D eigenvalue weighted by atomic mass is 32.2. The van der Waals surface area contributed by atoms with E-state index in [2.05, 4.69) is 6.58 Å². The number of hydrogen-bond acceptors (Lipinski definition) is 5. The van der Waals surface area contributed by atoms with Crippen LogP contribution in [0.25, 0.3) is 22.4 Å². The summed E-state index contributed by atoms with van der Waals surface area (Å²) in [6.07, 6.45) is 1.67. The fourth-order valence-corrected chi connectivity index (χ4v) is 4.02. The molecule has 0 spiro atoms. The maximum Gasteiger partial charge on any atom is 0.242 e. The van der Waals surface area contributed by atoms with E-state index in [-0.39, 0.29) is 4.90 Å². The zero-order valence-corrected chi connectivity index (χ0v) is 17.9. The lowest BCUT2D eigenvalue weighted by molar-refractivity contribution is 0.326. The van der Waals surface area contributed by atoms with E-state index in [4.69, 9.17) is 14.5 Å². The lowest BCUT2D eigenvalue weighted by Crippen LogP contribution is -2.22. The molecule has 29 heavy (non-hydrogen) atoms. The molecule has 7 nitrogen and oxygen atoms in total. The van der Waals surface area contributed by atoms with Crippen LogP contribution in [0.4, 0.5) is 0 Å². The second kappa shape index (κ2) is 8.26. The Morgan fingerprint density at radius 1 is 1.17 bits per heavy atom. The van der Waals surface area contributed by atoms with Gasteiger partial charge in [-0.2, -0.15) is 0 Å². The second-order valence-electron chi connectivity index (χ2n) is 6.58. The van der Waals surface area contributed by atoms with Crippen LogP contribution in [0.1, 0.15) is 6.92 Å². The number of benzene rings is 2. The van der Waals surface area contributed by atoms with E-state index in [1.807, 2.05) is 29.7 Å². The predicted octanol–water partition coefficient (Wildman–Crippen LogP) is 3.55. The van der Waals surface area contributed by atoms with Crippen LogP contribution in [0.2, 0.25) is 0 Å². The first-order valence-electron chi connectivity index (χ1n) is 9.18. The van der Waals surface area contributed by atoms with Crippen molar-refractivity contribution < 1.29 is 17.9 Å². The van der Waals surface area contributed by atoms with Gasteiger partial charge in [-0.25, -0.2) is 17.7 Å². The largest absolute Gasteiger partial charge is 0.493 e. The number of aromatic nitrogens is 2. The Kier molecular flexibility index (Phi) is 5.95. The van der Waals surface area contributed by atoms with Crippen molar-refractivity contribution in [3.8, 4) is 22.9 Å². The average molecular weight is 416 g/mol. The normalized spacial score (nSPS) is 11.8. The quantitative estimate of drug-likeness (QED) is 0.526. The van der Waals surface area contributed by atoms with E-state index in [1.54, 1.807) is 31.4 Å². The number of imidazole rings is 1. The maximum absolute atomic E-state index is 12.5. The number of ether oxygens (including phenoxy) is 2. The number of nitrogens with zero attached hydrogens (tertiary/aromatic N) is 3. The van der Waals surface area contributed by atoms with Crippen molar-refractivity contribution in [3.63, 3.8) is 0 Å². The molecular weight excluding hydrogens is 390 g/mol. The lowest BCUT2D eigenvalue weighted by atomic mass is 10.2. The SMILES string of the molecule is C=CCOc1ccc(-c2nc3cc(S(=O)(=O)N(C)C)ccc3n2CC)cc1OC. The van der Waals surface area contributed by atoms with Gasteiger partial charge in [0.05, 0.1) is 23.0 Å². The third kappa shape index (κ3) is 3.86. The molecular formula is C21H25N3O4S. The molecule has 0 N–H and O–H groups in total. The van der Waals surface area contributed by atoms with E-state index >= 15 is 0 Å². The number of fused-ring (bicyclic) bond motifs is 1. The highest BCUT2D eigenvalue weighted by Gasteiger charge is 2.20. The summed E-state index contributed by atoms with van der Waals surface area (Å²) in [6.45, 7) is 6.74. The molecule has 0 saturated heterocycles. The Bertz CT molecular complexity index is 1150. The van der Waals surface area contributed by atoms with E-state index in [0.717, 1.165) is 16.9 Å². The molecule has 0 saturated carbocycles. The van der Waals surface area contributed by atoms with Gasteiger partial charge in [0.2, 0.25) is 10.0 Å². The molecule has 0 aliphatic rings. The molecule has 2 aromatic carbocycles. The van der Waals surface area contributed by atoms with Crippen LogP contribution in [0, 0.1) is 0 Å². The van der Waals surface area contributed by atoms with Crippen LogP contribution < -0.4 is 9.47 Å². The molecule has 3 aromatic rings. The number of hydrogen-bond donors (Lipinski definition) is 0. The van der Waals surface area contributed by atoms with Crippen LogP contribution in [-0.4, -0.2) is 50.1 Å². The number of rotatable bonds is 8. The van der Waals surface area contributed by atoms with Crippen LogP contribution in [0.5, 0.6) is 11.5 Å². The third-order valence-corrected chi connectivity index (χ3v) is 6.40. The standard InChI is InChI=1S/C21H25N3O4S/c1-6-12-28-19-11-8-15(13-20(19)27-5)21-22-17-14-16(29(25,26)23(3)4)9-10-18(17)24(21)7-2/h6,8-11,13-14H,1,7,12H2,2-5H3. The molecule has 1 aromatic heterocycles. The highest BCUT2D eigenvalue weighted by molar-refractivity contribution is 7.89. The van der Waals surface area contributed by atoms with Crippen LogP contribution in [0.3, 0.4) is 0 Å². The summed E-state index contributed by atoms with van der Waals surface area (Å²) in [7, 11) is 1.08.